The highest BCUT2D eigenvalue weighted by Crippen LogP contribution is 2.65. The summed E-state index contributed by atoms with van der Waals surface area (Å²) in [6.45, 7) is 13.9. The first kappa shape index (κ1) is 21.5. The minimum Gasteiger partial charge on any atom is -0.467 e. The predicted molar refractivity (Wildman–Crippen MR) is 101 cm³/mol. The number of piperidine rings is 1. The van der Waals surface area contributed by atoms with Crippen LogP contribution in [0.2, 0.25) is 0 Å². The van der Waals surface area contributed by atoms with E-state index in [1.165, 1.54) is 7.11 Å². The van der Waals surface area contributed by atoms with Crippen molar-refractivity contribution in [2.45, 2.75) is 72.6 Å². The van der Waals surface area contributed by atoms with Crippen LogP contribution in [0.4, 0.5) is 4.79 Å². The van der Waals surface area contributed by atoms with Crippen molar-refractivity contribution in [3.8, 4) is 0 Å². The van der Waals surface area contributed by atoms with E-state index in [-0.39, 0.29) is 35.0 Å². The van der Waals surface area contributed by atoms with Crippen LogP contribution in [0, 0.1) is 23.2 Å². The Labute approximate surface area is 162 Å². The number of fused-ring (bicyclic) bond motifs is 1. The third kappa shape index (κ3) is 4.22. The van der Waals surface area contributed by atoms with Gasteiger partial charge in [0, 0.05) is 12.5 Å². The summed E-state index contributed by atoms with van der Waals surface area (Å²) >= 11 is 0. The Morgan fingerprint density at radius 3 is 2.33 bits per heavy atom. The van der Waals surface area contributed by atoms with E-state index < -0.39 is 23.8 Å². The van der Waals surface area contributed by atoms with E-state index in [0.29, 0.717) is 13.0 Å². The number of hydrogen-bond acceptors (Lipinski definition) is 5. The van der Waals surface area contributed by atoms with Crippen molar-refractivity contribution in [1.82, 2.24) is 10.2 Å². The Hall–Kier alpha value is -1.79. The van der Waals surface area contributed by atoms with E-state index in [9.17, 15) is 14.4 Å². The molecule has 1 aliphatic carbocycles. The molecular weight excluding hydrogens is 348 g/mol. The molecule has 0 bridgehead atoms. The Kier molecular flexibility index (Phi) is 5.83. The number of nitrogens with zero attached hydrogens (tertiary/aromatic N) is 1. The SMILES string of the molecule is CC[C@H](C)[C@H](NC(=O)OC(C)(C)C)C(=O)N1C[C@H]2[C@@H]([C@H]1C(=O)OC)C2(C)C. The summed E-state index contributed by atoms with van der Waals surface area (Å²) < 4.78 is 10.3. The van der Waals surface area contributed by atoms with Crippen molar-refractivity contribution in [3.05, 3.63) is 0 Å². The first-order valence-electron chi connectivity index (χ1n) is 9.73. The van der Waals surface area contributed by atoms with Crippen molar-refractivity contribution < 1.29 is 23.9 Å². The number of hydrogen-bond donors (Lipinski definition) is 1. The molecule has 0 radical (unpaired) electrons. The highest BCUT2D eigenvalue weighted by atomic mass is 16.6. The number of nitrogens with one attached hydrogen (secondary N) is 1. The second-order valence-electron chi connectivity index (χ2n) is 9.42. The summed E-state index contributed by atoms with van der Waals surface area (Å²) in [5, 5.41) is 2.72. The molecule has 0 aromatic heterocycles. The second kappa shape index (κ2) is 7.32. The van der Waals surface area contributed by atoms with Crippen LogP contribution < -0.4 is 5.32 Å². The molecule has 2 amide bonds. The van der Waals surface area contributed by atoms with Crippen LogP contribution in [-0.4, -0.2) is 54.2 Å². The van der Waals surface area contributed by atoms with Crippen molar-refractivity contribution in [1.29, 1.82) is 0 Å². The summed E-state index contributed by atoms with van der Waals surface area (Å²) in [4.78, 5) is 39.6. The zero-order valence-corrected chi connectivity index (χ0v) is 17.8. The molecular formula is C20H34N2O5. The minimum absolute atomic E-state index is 0.0279. The number of esters is 1. The average molecular weight is 383 g/mol. The standard InChI is InChI=1S/C20H34N2O5/c1-9-11(2)14(21-18(25)27-19(3,4)5)16(23)22-10-12-13(20(12,6)7)15(22)17(24)26-8/h11-15H,9-10H2,1-8H3,(H,21,25)/t11-,12-,13-,14-,15-/m0/s1. The van der Waals surface area contributed by atoms with Gasteiger partial charge in [-0.15, -0.1) is 0 Å². The molecule has 7 heteroatoms. The molecule has 27 heavy (non-hydrogen) atoms. The van der Waals surface area contributed by atoms with Gasteiger partial charge in [-0.05, 0) is 38.0 Å². The van der Waals surface area contributed by atoms with E-state index in [1.54, 1.807) is 25.7 Å². The van der Waals surface area contributed by atoms with Gasteiger partial charge in [-0.2, -0.15) is 0 Å². The number of amides is 2. The van der Waals surface area contributed by atoms with Crippen LogP contribution in [0.25, 0.3) is 0 Å². The molecule has 2 fully saturated rings. The number of ether oxygens (including phenoxy) is 2. The number of methoxy groups -OCH3 is 1. The molecule has 7 nitrogen and oxygen atoms in total. The van der Waals surface area contributed by atoms with Gasteiger partial charge in [0.05, 0.1) is 7.11 Å². The average Bonchev–Trinajstić information content (AvgIpc) is 2.93. The number of likely N-dealkylation sites (tertiary alicyclic amines) is 1. The van der Waals surface area contributed by atoms with Crippen LogP contribution in [0.5, 0.6) is 0 Å². The second-order valence-corrected chi connectivity index (χ2v) is 9.42. The Morgan fingerprint density at radius 2 is 1.85 bits per heavy atom. The van der Waals surface area contributed by atoms with E-state index in [1.807, 2.05) is 13.8 Å². The Bertz CT molecular complexity index is 610. The highest BCUT2D eigenvalue weighted by molar-refractivity contribution is 5.91. The van der Waals surface area contributed by atoms with Crippen molar-refractivity contribution in [2.75, 3.05) is 13.7 Å². The molecule has 1 heterocycles. The molecule has 5 atom stereocenters. The first-order valence-corrected chi connectivity index (χ1v) is 9.73. The van der Waals surface area contributed by atoms with Gasteiger partial charge in [-0.25, -0.2) is 9.59 Å². The fourth-order valence-corrected chi connectivity index (χ4v) is 4.20. The van der Waals surface area contributed by atoms with Crippen molar-refractivity contribution in [3.63, 3.8) is 0 Å². The van der Waals surface area contributed by atoms with Gasteiger partial charge in [0.2, 0.25) is 5.91 Å². The van der Waals surface area contributed by atoms with Crippen LogP contribution >= 0.6 is 0 Å². The molecule has 0 spiro atoms. The lowest BCUT2D eigenvalue weighted by atomic mass is 9.95. The van der Waals surface area contributed by atoms with E-state index in [4.69, 9.17) is 9.47 Å². The largest absolute Gasteiger partial charge is 0.467 e. The molecule has 0 unspecified atom stereocenters. The summed E-state index contributed by atoms with van der Waals surface area (Å²) in [5.41, 5.74) is -0.624. The van der Waals surface area contributed by atoms with Crippen LogP contribution in [0.15, 0.2) is 0 Å². The van der Waals surface area contributed by atoms with Crippen LogP contribution in [-0.2, 0) is 19.1 Å². The van der Waals surface area contributed by atoms with Gasteiger partial charge >= 0.3 is 12.1 Å². The molecule has 0 aromatic carbocycles. The topological polar surface area (TPSA) is 84.9 Å². The lowest BCUT2D eigenvalue weighted by molar-refractivity contribution is -0.154. The fraction of sp³-hybridized carbons (Fsp3) is 0.850. The smallest absolute Gasteiger partial charge is 0.408 e. The van der Waals surface area contributed by atoms with E-state index in [2.05, 4.69) is 19.2 Å². The highest BCUT2D eigenvalue weighted by Gasteiger charge is 2.70. The maximum atomic E-state index is 13.3. The van der Waals surface area contributed by atoms with Crippen LogP contribution in [0.3, 0.4) is 0 Å². The summed E-state index contributed by atoms with van der Waals surface area (Å²) in [7, 11) is 1.35. The van der Waals surface area contributed by atoms with Gasteiger partial charge in [0.25, 0.3) is 0 Å². The van der Waals surface area contributed by atoms with Gasteiger partial charge in [-0.3, -0.25) is 4.79 Å². The van der Waals surface area contributed by atoms with Crippen molar-refractivity contribution >= 4 is 18.0 Å². The molecule has 1 saturated carbocycles. The molecule has 0 aromatic rings. The fourth-order valence-electron chi connectivity index (χ4n) is 4.20. The van der Waals surface area contributed by atoms with Gasteiger partial charge in [0.1, 0.15) is 17.7 Å². The van der Waals surface area contributed by atoms with Gasteiger partial charge in [0.15, 0.2) is 0 Å². The summed E-state index contributed by atoms with van der Waals surface area (Å²) in [5.74, 6) is -0.332. The summed E-state index contributed by atoms with van der Waals surface area (Å²) in [6.07, 6.45) is 0.0850. The van der Waals surface area contributed by atoms with E-state index >= 15 is 0 Å². The zero-order valence-electron chi connectivity index (χ0n) is 17.8. The third-order valence-corrected chi connectivity index (χ3v) is 6.09. The lowest BCUT2D eigenvalue weighted by Crippen LogP contribution is -2.56. The van der Waals surface area contributed by atoms with Gasteiger partial charge < -0.3 is 19.7 Å². The van der Waals surface area contributed by atoms with Crippen LogP contribution in [0.1, 0.15) is 54.9 Å². The molecule has 154 valence electrons. The number of carbonyl (C=O) groups excluding carboxylic acids is 3. The predicted octanol–water partition coefficient (Wildman–Crippen LogP) is 2.58. The summed E-state index contributed by atoms with van der Waals surface area (Å²) in [6, 6.07) is -1.33. The van der Waals surface area contributed by atoms with Crippen molar-refractivity contribution in [2.24, 2.45) is 23.2 Å². The third-order valence-electron chi connectivity index (χ3n) is 6.09. The number of rotatable bonds is 5. The maximum absolute atomic E-state index is 13.3. The monoisotopic (exact) mass is 382 g/mol. The lowest BCUT2D eigenvalue weighted by Gasteiger charge is -2.34. The molecule has 2 aliphatic rings. The first-order chi connectivity index (χ1) is 12.3. The molecule has 2 rings (SSSR count). The Balaban J connectivity index is 2.19. The zero-order chi connectivity index (χ0) is 20.7. The minimum atomic E-state index is -0.738. The molecule has 1 aliphatic heterocycles. The van der Waals surface area contributed by atoms with E-state index in [0.717, 1.165) is 0 Å². The quantitative estimate of drug-likeness (QED) is 0.739. The number of carbonyl (C=O) groups is 3. The normalized spacial score (nSPS) is 28.0. The number of alkyl carbamates (subject to hydrolysis) is 1. The van der Waals surface area contributed by atoms with Gasteiger partial charge in [-0.1, -0.05) is 34.1 Å². The Morgan fingerprint density at radius 1 is 1.26 bits per heavy atom. The maximum Gasteiger partial charge on any atom is 0.408 e. The molecule has 1 saturated heterocycles. The molecule has 1 N–H and O–H groups in total.